The summed E-state index contributed by atoms with van der Waals surface area (Å²) in [5.41, 5.74) is 0. The summed E-state index contributed by atoms with van der Waals surface area (Å²) >= 11 is 0. The normalized spacial score (nSPS) is 32.4. The summed E-state index contributed by atoms with van der Waals surface area (Å²) in [6, 6.07) is 0. The maximum absolute atomic E-state index is 6.00. The Hall–Kier alpha value is -0.300. The zero-order valence-electron chi connectivity index (χ0n) is 15.8. The highest BCUT2D eigenvalue weighted by molar-refractivity contribution is 4.83. The van der Waals surface area contributed by atoms with E-state index >= 15 is 0 Å². The molecule has 0 heterocycles. The van der Waals surface area contributed by atoms with E-state index in [4.69, 9.17) is 4.74 Å². The van der Waals surface area contributed by atoms with E-state index in [1.807, 2.05) is 0 Å². The van der Waals surface area contributed by atoms with Crippen molar-refractivity contribution in [2.24, 2.45) is 17.8 Å². The Labute approximate surface area is 145 Å². The fraction of sp³-hybridized carbons (Fsp3) is 0.909. The topological polar surface area (TPSA) is 9.23 Å². The molecular weight excluding hydrogens is 280 g/mol. The van der Waals surface area contributed by atoms with Gasteiger partial charge in [0.25, 0.3) is 0 Å². The number of rotatable bonds is 9. The lowest BCUT2D eigenvalue weighted by Crippen LogP contribution is -2.23. The highest BCUT2D eigenvalue weighted by Crippen LogP contribution is 2.36. The van der Waals surface area contributed by atoms with Gasteiger partial charge in [0, 0.05) is 6.61 Å². The smallest absolute Gasteiger partial charge is 0.0575 e. The lowest BCUT2D eigenvalue weighted by atomic mass is 9.76. The second kappa shape index (κ2) is 11.3. The van der Waals surface area contributed by atoms with E-state index in [0.717, 1.165) is 24.4 Å². The summed E-state index contributed by atoms with van der Waals surface area (Å²) in [4.78, 5) is 0. The molecule has 2 rings (SSSR count). The number of hydrogen-bond donors (Lipinski definition) is 0. The monoisotopic (exact) mass is 320 g/mol. The van der Waals surface area contributed by atoms with Gasteiger partial charge in [-0.05, 0) is 76.0 Å². The van der Waals surface area contributed by atoms with Crippen molar-refractivity contribution >= 4 is 0 Å². The van der Waals surface area contributed by atoms with Crippen molar-refractivity contribution in [3.8, 4) is 0 Å². The molecule has 0 aromatic rings. The molecule has 0 atom stereocenters. The minimum absolute atomic E-state index is 0.583. The molecule has 2 saturated carbocycles. The van der Waals surface area contributed by atoms with E-state index in [-0.39, 0.29) is 0 Å². The molecule has 23 heavy (non-hydrogen) atoms. The van der Waals surface area contributed by atoms with E-state index < -0.39 is 0 Å². The van der Waals surface area contributed by atoms with Crippen molar-refractivity contribution in [1.29, 1.82) is 0 Å². The zero-order valence-corrected chi connectivity index (χ0v) is 15.8. The first-order valence-corrected chi connectivity index (χ1v) is 10.5. The molecule has 0 aromatic carbocycles. The van der Waals surface area contributed by atoms with Crippen molar-refractivity contribution < 1.29 is 4.74 Å². The molecule has 0 saturated heterocycles. The molecular formula is C22H40O. The maximum atomic E-state index is 6.00. The van der Waals surface area contributed by atoms with Gasteiger partial charge >= 0.3 is 0 Å². The number of allylic oxidation sites excluding steroid dienone is 2. The Morgan fingerprint density at radius 1 is 0.826 bits per heavy atom. The first-order valence-electron chi connectivity index (χ1n) is 10.5. The van der Waals surface area contributed by atoms with Crippen LogP contribution < -0.4 is 0 Å². The quantitative estimate of drug-likeness (QED) is 0.331. The minimum atomic E-state index is 0.583. The van der Waals surface area contributed by atoms with Gasteiger partial charge in [-0.2, -0.15) is 0 Å². The van der Waals surface area contributed by atoms with Gasteiger partial charge < -0.3 is 4.74 Å². The van der Waals surface area contributed by atoms with Gasteiger partial charge in [0.1, 0.15) is 0 Å². The van der Waals surface area contributed by atoms with E-state index in [2.05, 4.69) is 26.0 Å². The molecule has 134 valence electrons. The van der Waals surface area contributed by atoms with Crippen LogP contribution in [0.5, 0.6) is 0 Å². The molecule has 0 spiro atoms. The summed E-state index contributed by atoms with van der Waals surface area (Å²) in [5, 5.41) is 0. The van der Waals surface area contributed by atoms with E-state index in [1.54, 1.807) is 0 Å². The maximum Gasteiger partial charge on any atom is 0.0575 e. The van der Waals surface area contributed by atoms with Crippen LogP contribution in [-0.2, 0) is 4.74 Å². The highest BCUT2D eigenvalue weighted by Gasteiger charge is 2.24. The van der Waals surface area contributed by atoms with Crippen molar-refractivity contribution in [3.63, 3.8) is 0 Å². The molecule has 0 aliphatic heterocycles. The molecule has 1 nitrogen and oxygen atoms in total. The van der Waals surface area contributed by atoms with Crippen LogP contribution in [0.25, 0.3) is 0 Å². The van der Waals surface area contributed by atoms with Crippen LogP contribution in [0.3, 0.4) is 0 Å². The van der Waals surface area contributed by atoms with Crippen LogP contribution >= 0.6 is 0 Å². The highest BCUT2D eigenvalue weighted by atomic mass is 16.5. The van der Waals surface area contributed by atoms with Gasteiger partial charge in [-0.25, -0.2) is 0 Å². The van der Waals surface area contributed by atoms with Crippen LogP contribution in [0, 0.1) is 17.8 Å². The van der Waals surface area contributed by atoms with Crippen molar-refractivity contribution in [3.05, 3.63) is 12.2 Å². The molecule has 2 aliphatic rings. The largest absolute Gasteiger partial charge is 0.378 e. The first-order chi connectivity index (χ1) is 11.3. The average Bonchev–Trinajstić information content (AvgIpc) is 2.60. The Morgan fingerprint density at radius 2 is 1.39 bits per heavy atom. The molecule has 0 bridgehead atoms. The SMILES string of the molecule is CC=CCC1CCC(CCC2CCC(OCCCC)CC2)CC1. The summed E-state index contributed by atoms with van der Waals surface area (Å²) in [5.74, 6) is 3.02. The van der Waals surface area contributed by atoms with Gasteiger partial charge in [-0.15, -0.1) is 0 Å². The molecule has 0 unspecified atom stereocenters. The average molecular weight is 321 g/mol. The summed E-state index contributed by atoms with van der Waals surface area (Å²) in [6.07, 6.45) is 23.4. The second-order valence-corrected chi connectivity index (χ2v) is 8.14. The summed E-state index contributed by atoms with van der Waals surface area (Å²) in [6.45, 7) is 5.38. The Morgan fingerprint density at radius 3 is 1.96 bits per heavy atom. The Balaban J connectivity index is 1.52. The lowest BCUT2D eigenvalue weighted by molar-refractivity contribution is 0.0150. The third-order valence-electron chi connectivity index (χ3n) is 6.30. The van der Waals surface area contributed by atoms with E-state index in [9.17, 15) is 0 Å². The molecule has 2 fully saturated rings. The predicted molar refractivity (Wildman–Crippen MR) is 101 cm³/mol. The fourth-order valence-electron chi connectivity index (χ4n) is 4.54. The molecule has 0 aromatic heterocycles. The van der Waals surface area contributed by atoms with Crippen molar-refractivity contribution in [2.45, 2.75) is 103 Å². The third kappa shape index (κ3) is 7.42. The van der Waals surface area contributed by atoms with Crippen molar-refractivity contribution in [2.75, 3.05) is 6.61 Å². The minimum Gasteiger partial charge on any atom is -0.378 e. The van der Waals surface area contributed by atoms with Crippen LogP contribution in [0.4, 0.5) is 0 Å². The zero-order chi connectivity index (χ0) is 16.3. The van der Waals surface area contributed by atoms with Gasteiger partial charge in [-0.3, -0.25) is 0 Å². The summed E-state index contributed by atoms with van der Waals surface area (Å²) in [7, 11) is 0. The number of hydrogen-bond acceptors (Lipinski definition) is 1. The number of unbranched alkanes of at least 4 members (excludes halogenated alkanes) is 1. The van der Waals surface area contributed by atoms with E-state index in [1.165, 1.54) is 83.5 Å². The second-order valence-electron chi connectivity index (χ2n) is 8.14. The van der Waals surface area contributed by atoms with Crippen LogP contribution in [0.15, 0.2) is 12.2 Å². The number of ether oxygens (including phenoxy) is 1. The van der Waals surface area contributed by atoms with Crippen LogP contribution in [-0.4, -0.2) is 12.7 Å². The van der Waals surface area contributed by atoms with Gasteiger partial charge in [-0.1, -0.05) is 51.2 Å². The fourth-order valence-corrected chi connectivity index (χ4v) is 4.54. The Bertz CT molecular complexity index is 306. The predicted octanol–water partition coefficient (Wildman–Crippen LogP) is 6.91. The molecule has 0 N–H and O–H groups in total. The first kappa shape index (κ1) is 19.0. The molecule has 1 heteroatoms. The molecule has 2 aliphatic carbocycles. The Kier molecular flexibility index (Phi) is 9.34. The van der Waals surface area contributed by atoms with Crippen LogP contribution in [0.1, 0.15) is 97.3 Å². The molecule has 0 amide bonds. The van der Waals surface area contributed by atoms with Crippen LogP contribution in [0.2, 0.25) is 0 Å². The van der Waals surface area contributed by atoms with Crippen molar-refractivity contribution in [1.82, 2.24) is 0 Å². The van der Waals surface area contributed by atoms with Gasteiger partial charge in [0.15, 0.2) is 0 Å². The standard InChI is InChI=1S/C22H40O/c1-3-5-7-19-8-10-20(11-9-19)12-13-21-14-16-22(17-15-21)23-18-6-4-2/h3,5,19-22H,4,6-18H2,1-2H3. The van der Waals surface area contributed by atoms with Gasteiger partial charge in [0.05, 0.1) is 6.10 Å². The summed E-state index contributed by atoms with van der Waals surface area (Å²) < 4.78 is 6.00. The van der Waals surface area contributed by atoms with E-state index in [0.29, 0.717) is 6.10 Å². The molecule has 0 radical (unpaired) electrons. The lowest BCUT2D eigenvalue weighted by Gasteiger charge is -2.31. The third-order valence-corrected chi connectivity index (χ3v) is 6.30. The van der Waals surface area contributed by atoms with Gasteiger partial charge in [0.2, 0.25) is 0 Å².